The van der Waals surface area contributed by atoms with Crippen LogP contribution in [-0.4, -0.2) is 22.4 Å². The summed E-state index contributed by atoms with van der Waals surface area (Å²) in [6, 6.07) is 3.28. The van der Waals surface area contributed by atoms with Crippen molar-refractivity contribution in [2.24, 2.45) is 0 Å². The summed E-state index contributed by atoms with van der Waals surface area (Å²) in [6.07, 6.45) is -4.02. The standard InChI is InChI=1S/C14H12F4N2O2/c1-3-22-13(21)10-7-19-20(12(10)14(16,17)18)11-5-4-9(15)6-8(11)2/h4-7H,3H2,1-2H3. The van der Waals surface area contributed by atoms with Gasteiger partial charge in [0.25, 0.3) is 0 Å². The minimum atomic E-state index is -4.82. The zero-order chi connectivity index (χ0) is 16.5. The number of hydrogen-bond acceptors (Lipinski definition) is 3. The lowest BCUT2D eigenvalue weighted by Crippen LogP contribution is -2.19. The monoisotopic (exact) mass is 316 g/mol. The van der Waals surface area contributed by atoms with Crippen LogP contribution >= 0.6 is 0 Å². The second kappa shape index (κ2) is 5.78. The Bertz CT molecular complexity index is 707. The molecule has 0 amide bonds. The number of ether oxygens (including phenoxy) is 1. The molecule has 2 aromatic rings. The molecule has 118 valence electrons. The van der Waals surface area contributed by atoms with Crippen molar-refractivity contribution in [3.8, 4) is 5.69 Å². The molecular formula is C14H12F4N2O2. The molecule has 0 bridgehead atoms. The van der Waals surface area contributed by atoms with Gasteiger partial charge in [0.1, 0.15) is 11.4 Å². The molecule has 0 fully saturated rings. The fourth-order valence-electron chi connectivity index (χ4n) is 2.02. The zero-order valence-corrected chi connectivity index (χ0v) is 11.7. The Morgan fingerprint density at radius 1 is 1.36 bits per heavy atom. The molecule has 0 spiro atoms. The topological polar surface area (TPSA) is 44.1 Å². The molecular weight excluding hydrogens is 304 g/mol. The summed E-state index contributed by atoms with van der Waals surface area (Å²) < 4.78 is 58.2. The molecule has 0 unspecified atom stereocenters. The van der Waals surface area contributed by atoms with Gasteiger partial charge >= 0.3 is 12.1 Å². The first kappa shape index (κ1) is 16.0. The average molecular weight is 316 g/mol. The smallest absolute Gasteiger partial charge is 0.434 e. The number of benzene rings is 1. The van der Waals surface area contributed by atoms with E-state index in [9.17, 15) is 22.4 Å². The summed E-state index contributed by atoms with van der Waals surface area (Å²) in [4.78, 5) is 11.7. The van der Waals surface area contributed by atoms with Crippen LogP contribution in [0, 0.1) is 12.7 Å². The van der Waals surface area contributed by atoms with E-state index in [0.29, 0.717) is 4.68 Å². The molecule has 4 nitrogen and oxygen atoms in total. The van der Waals surface area contributed by atoms with Gasteiger partial charge in [-0.1, -0.05) is 0 Å². The maximum atomic E-state index is 13.3. The van der Waals surface area contributed by atoms with Crippen molar-refractivity contribution in [2.75, 3.05) is 6.61 Å². The van der Waals surface area contributed by atoms with Crippen molar-refractivity contribution < 1.29 is 27.1 Å². The predicted molar refractivity (Wildman–Crippen MR) is 69.2 cm³/mol. The van der Waals surface area contributed by atoms with Crippen LogP contribution in [-0.2, 0) is 10.9 Å². The van der Waals surface area contributed by atoms with Crippen molar-refractivity contribution >= 4 is 5.97 Å². The molecule has 0 saturated heterocycles. The number of hydrogen-bond donors (Lipinski definition) is 0. The molecule has 8 heteroatoms. The Kier molecular flexibility index (Phi) is 4.20. The number of aromatic nitrogens is 2. The molecule has 0 atom stereocenters. The van der Waals surface area contributed by atoms with E-state index in [1.54, 1.807) is 0 Å². The second-order valence-electron chi connectivity index (χ2n) is 4.47. The molecule has 22 heavy (non-hydrogen) atoms. The van der Waals surface area contributed by atoms with Crippen LogP contribution in [0.3, 0.4) is 0 Å². The van der Waals surface area contributed by atoms with Crippen LogP contribution in [0.4, 0.5) is 17.6 Å². The van der Waals surface area contributed by atoms with Crippen LogP contribution in [0.25, 0.3) is 5.69 Å². The number of carbonyl (C=O) groups excluding carboxylic acids is 1. The Morgan fingerprint density at radius 3 is 2.59 bits per heavy atom. The van der Waals surface area contributed by atoms with Gasteiger partial charge in [-0.2, -0.15) is 18.3 Å². The van der Waals surface area contributed by atoms with E-state index < -0.39 is 29.2 Å². The first-order valence-corrected chi connectivity index (χ1v) is 6.34. The lowest BCUT2D eigenvalue weighted by atomic mass is 10.1. The van der Waals surface area contributed by atoms with Gasteiger partial charge in [0.05, 0.1) is 18.5 Å². The van der Waals surface area contributed by atoms with E-state index in [1.165, 1.54) is 19.9 Å². The van der Waals surface area contributed by atoms with Crippen LogP contribution < -0.4 is 0 Å². The van der Waals surface area contributed by atoms with E-state index in [2.05, 4.69) is 9.84 Å². The first-order valence-electron chi connectivity index (χ1n) is 6.34. The van der Waals surface area contributed by atoms with Gasteiger partial charge in [0.15, 0.2) is 5.69 Å². The zero-order valence-electron chi connectivity index (χ0n) is 11.7. The van der Waals surface area contributed by atoms with Gasteiger partial charge in [-0.3, -0.25) is 0 Å². The maximum Gasteiger partial charge on any atom is 0.434 e. The number of alkyl halides is 3. The molecule has 1 aromatic heterocycles. The maximum absolute atomic E-state index is 13.3. The third-order valence-electron chi connectivity index (χ3n) is 2.92. The summed E-state index contributed by atoms with van der Waals surface area (Å²) in [5, 5.41) is 3.62. The average Bonchev–Trinajstić information content (AvgIpc) is 2.83. The van der Waals surface area contributed by atoms with Gasteiger partial charge in [-0.25, -0.2) is 13.9 Å². The van der Waals surface area contributed by atoms with Crippen molar-refractivity contribution in [1.29, 1.82) is 0 Å². The highest BCUT2D eigenvalue weighted by Crippen LogP contribution is 2.34. The Hall–Kier alpha value is -2.38. The molecule has 0 radical (unpaired) electrons. The van der Waals surface area contributed by atoms with Crippen molar-refractivity contribution in [3.05, 3.63) is 47.0 Å². The van der Waals surface area contributed by atoms with E-state index in [4.69, 9.17) is 0 Å². The molecule has 0 aliphatic carbocycles. The Labute approximate surface area is 123 Å². The highest BCUT2D eigenvalue weighted by atomic mass is 19.4. The van der Waals surface area contributed by atoms with Gasteiger partial charge in [-0.15, -0.1) is 0 Å². The van der Waals surface area contributed by atoms with Crippen LogP contribution in [0.2, 0.25) is 0 Å². The van der Waals surface area contributed by atoms with E-state index >= 15 is 0 Å². The van der Waals surface area contributed by atoms with E-state index in [0.717, 1.165) is 18.3 Å². The number of rotatable bonds is 3. The van der Waals surface area contributed by atoms with Crippen LogP contribution in [0.5, 0.6) is 0 Å². The van der Waals surface area contributed by atoms with Crippen molar-refractivity contribution in [3.63, 3.8) is 0 Å². The number of esters is 1. The number of aryl methyl sites for hydroxylation is 1. The summed E-state index contributed by atoms with van der Waals surface area (Å²) in [5.74, 6) is -1.69. The fourth-order valence-corrected chi connectivity index (χ4v) is 2.02. The third kappa shape index (κ3) is 2.95. The van der Waals surface area contributed by atoms with Gasteiger partial charge in [0, 0.05) is 0 Å². The minimum absolute atomic E-state index is 0.0317. The minimum Gasteiger partial charge on any atom is -0.462 e. The van der Waals surface area contributed by atoms with E-state index in [1.807, 2.05) is 0 Å². The molecule has 2 rings (SSSR count). The van der Waals surface area contributed by atoms with Crippen molar-refractivity contribution in [1.82, 2.24) is 9.78 Å². The number of halogens is 4. The summed E-state index contributed by atoms with van der Waals surface area (Å²) in [5.41, 5.74) is -1.65. The molecule has 0 aliphatic rings. The molecule has 1 aromatic carbocycles. The summed E-state index contributed by atoms with van der Waals surface area (Å²) in [7, 11) is 0. The predicted octanol–water partition coefficient (Wildman–Crippen LogP) is 3.52. The van der Waals surface area contributed by atoms with Crippen LogP contribution in [0.1, 0.15) is 28.5 Å². The summed E-state index contributed by atoms with van der Waals surface area (Å²) >= 11 is 0. The molecule has 0 N–H and O–H groups in total. The number of carbonyl (C=O) groups is 1. The number of nitrogens with zero attached hydrogens (tertiary/aromatic N) is 2. The lowest BCUT2D eigenvalue weighted by molar-refractivity contribution is -0.143. The fraction of sp³-hybridized carbons (Fsp3) is 0.286. The van der Waals surface area contributed by atoms with Crippen LogP contribution in [0.15, 0.2) is 24.4 Å². The quantitative estimate of drug-likeness (QED) is 0.643. The largest absolute Gasteiger partial charge is 0.462 e. The first-order chi connectivity index (χ1) is 10.3. The highest BCUT2D eigenvalue weighted by Gasteiger charge is 2.41. The second-order valence-corrected chi connectivity index (χ2v) is 4.47. The highest BCUT2D eigenvalue weighted by molar-refractivity contribution is 5.90. The molecule has 1 heterocycles. The SMILES string of the molecule is CCOC(=O)c1cnn(-c2ccc(F)cc2C)c1C(F)(F)F. The Balaban J connectivity index is 2.64. The van der Waals surface area contributed by atoms with Gasteiger partial charge in [-0.05, 0) is 37.6 Å². The van der Waals surface area contributed by atoms with Crippen molar-refractivity contribution in [2.45, 2.75) is 20.0 Å². The lowest BCUT2D eigenvalue weighted by Gasteiger charge is -2.14. The molecule has 0 aliphatic heterocycles. The summed E-state index contributed by atoms with van der Waals surface area (Å²) in [6.45, 7) is 2.88. The van der Waals surface area contributed by atoms with Gasteiger partial charge < -0.3 is 4.74 Å². The third-order valence-corrected chi connectivity index (χ3v) is 2.92. The Morgan fingerprint density at radius 2 is 2.05 bits per heavy atom. The molecule has 0 saturated carbocycles. The normalized spacial score (nSPS) is 11.5. The van der Waals surface area contributed by atoms with E-state index in [-0.39, 0.29) is 17.9 Å². The van der Waals surface area contributed by atoms with Gasteiger partial charge in [0.2, 0.25) is 0 Å².